The molecule has 1 aromatic heterocycles. The van der Waals surface area contributed by atoms with Crippen molar-refractivity contribution in [3.05, 3.63) is 59.8 Å². The highest BCUT2D eigenvalue weighted by molar-refractivity contribution is 5.95. The van der Waals surface area contributed by atoms with Crippen LogP contribution in [0.4, 0.5) is 5.82 Å². The molecule has 1 saturated carbocycles. The number of amides is 1. The highest BCUT2D eigenvalue weighted by atomic mass is 16.1. The molecule has 1 aliphatic rings. The number of hydrogen-bond donors (Lipinski definition) is 1. The van der Waals surface area contributed by atoms with Crippen LogP contribution in [0.3, 0.4) is 0 Å². The maximum atomic E-state index is 12.8. The Morgan fingerprint density at radius 3 is 2.54 bits per heavy atom. The van der Waals surface area contributed by atoms with Crippen LogP contribution in [0, 0.1) is 5.92 Å². The normalized spacial score (nSPS) is 15.9. The number of rotatable bonds is 5. The molecule has 24 heavy (non-hydrogen) atoms. The summed E-state index contributed by atoms with van der Waals surface area (Å²) in [5, 5.41) is 3.27. The van der Waals surface area contributed by atoms with Crippen LogP contribution >= 0.6 is 0 Å². The van der Waals surface area contributed by atoms with Crippen LogP contribution in [0.1, 0.15) is 47.6 Å². The fraction of sp³-hybridized carbons (Fsp3) is 0.400. The van der Waals surface area contributed by atoms with E-state index >= 15 is 0 Å². The van der Waals surface area contributed by atoms with Crippen molar-refractivity contribution in [3.8, 4) is 0 Å². The second-order valence-corrected chi connectivity index (χ2v) is 6.70. The van der Waals surface area contributed by atoms with Gasteiger partial charge in [0.2, 0.25) is 0 Å². The van der Waals surface area contributed by atoms with Gasteiger partial charge in [0.15, 0.2) is 0 Å². The molecule has 2 aromatic rings. The predicted molar refractivity (Wildman–Crippen MR) is 97.2 cm³/mol. The molecule has 0 spiro atoms. The Morgan fingerprint density at radius 1 is 1.17 bits per heavy atom. The summed E-state index contributed by atoms with van der Waals surface area (Å²) in [5.41, 5.74) is 1.85. The first-order valence-electron chi connectivity index (χ1n) is 8.64. The third kappa shape index (κ3) is 3.75. The zero-order chi connectivity index (χ0) is 16.9. The Balaban J connectivity index is 1.82. The summed E-state index contributed by atoms with van der Waals surface area (Å²) in [5.74, 6) is 1.28. The molecule has 3 rings (SSSR count). The van der Waals surface area contributed by atoms with Crippen molar-refractivity contribution in [3.63, 3.8) is 0 Å². The smallest absolute Gasteiger partial charge is 0.251 e. The van der Waals surface area contributed by atoms with Gasteiger partial charge in [-0.15, -0.1) is 0 Å². The van der Waals surface area contributed by atoms with Crippen molar-refractivity contribution in [2.24, 2.45) is 5.92 Å². The summed E-state index contributed by atoms with van der Waals surface area (Å²) in [6.45, 7) is 0. The maximum absolute atomic E-state index is 12.8. The monoisotopic (exact) mass is 323 g/mol. The van der Waals surface area contributed by atoms with E-state index in [2.05, 4.69) is 22.4 Å². The Labute approximate surface area is 143 Å². The lowest BCUT2D eigenvalue weighted by atomic mass is 9.91. The van der Waals surface area contributed by atoms with Crippen LogP contribution in [-0.2, 0) is 0 Å². The summed E-state index contributed by atoms with van der Waals surface area (Å²) in [6, 6.07) is 14.0. The van der Waals surface area contributed by atoms with Gasteiger partial charge < -0.3 is 10.2 Å². The van der Waals surface area contributed by atoms with E-state index in [1.807, 2.05) is 43.3 Å². The first-order chi connectivity index (χ1) is 11.6. The molecule has 4 nitrogen and oxygen atoms in total. The molecular formula is C20H25N3O. The Hall–Kier alpha value is -2.36. The van der Waals surface area contributed by atoms with Gasteiger partial charge in [-0.1, -0.05) is 43.2 Å². The number of nitrogens with one attached hydrogen (secondary N) is 1. The number of hydrogen-bond acceptors (Lipinski definition) is 3. The van der Waals surface area contributed by atoms with Crippen molar-refractivity contribution in [2.45, 2.75) is 31.7 Å². The van der Waals surface area contributed by atoms with E-state index < -0.39 is 0 Å². The zero-order valence-corrected chi connectivity index (χ0v) is 14.4. The van der Waals surface area contributed by atoms with Crippen LogP contribution in [0.15, 0.2) is 48.7 Å². The summed E-state index contributed by atoms with van der Waals surface area (Å²) in [4.78, 5) is 19.0. The van der Waals surface area contributed by atoms with E-state index in [1.54, 1.807) is 12.3 Å². The average molecular weight is 323 g/mol. The summed E-state index contributed by atoms with van der Waals surface area (Å²) in [6.07, 6.45) is 6.56. The van der Waals surface area contributed by atoms with Crippen molar-refractivity contribution >= 4 is 11.7 Å². The first kappa shape index (κ1) is 16.5. The highest BCUT2D eigenvalue weighted by Crippen LogP contribution is 2.35. The van der Waals surface area contributed by atoms with Crippen molar-refractivity contribution in [1.29, 1.82) is 0 Å². The van der Waals surface area contributed by atoms with Gasteiger partial charge in [-0.3, -0.25) is 4.79 Å². The molecule has 4 heteroatoms. The Bertz CT molecular complexity index is 678. The zero-order valence-electron chi connectivity index (χ0n) is 14.4. The maximum Gasteiger partial charge on any atom is 0.251 e. The molecule has 1 heterocycles. The molecule has 0 bridgehead atoms. The van der Waals surface area contributed by atoms with Crippen molar-refractivity contribution in [2.75, 3.05) is 19.0 Å². The van der Waals surface area contributed by atoms with Gasteiger partial charge in [0.1, 0.15) is 5.82 Å². The second-order valence-electron chi connectivity index (χ2n) is 6.70. The van der Waals surface area contributed by atoms with Gasteiger partial charge in [-0.2, -0.15) is 0 Å². The minimum atomic E-state index is -0.0266. The quantitative estimate of drug-likeness (QED) is 0.910. The summed E-state index contributed by atoms with van der Waals surface area (Å²) < 4.78 is 0. The SMILES string of the molecule is CN(C)c1cc(C(=O)NC(c2ccccc2)C2CCCC2)ccn1. The Kier molecular flexibility index (Phi) is 5.14. The van der Waals surface area contributed by atoms with E-state index in [1.165, 1.54) is 31.2 Å². The van der Waals surface area contributed by atoms with Crippen molar-refractivity contribution < 1.29 is 4.79 Å². The largest absolute Gasteiger partial charge is 0.363 e. The Morgan fingerprint density at radius 2 is 1.88 bits per heavy atom. The van der Waals surface area contributed by atoms with Crippen LogP contribution in [0.25, 0.3) is 0 Å². The van der Waals surface area contributed by atoms with Gasteiger partial charge >= 0.3 is 0 Å². The van der Waals surface area contributed by atoms with Gasteiger partial charge in [-0.25, -0.2) is 4.98 Å². The number of benzene rings is 1. The van der Waals surface area contributed by atoms with E-state index in [4.69, 9.17) is 0 Å². The molecule has 126 valence electrons. The van der Waals surface area contributed by atoms with E-state index in [0.717, 1.165) is 5.82 Å². The van der Waals surface area contributed by atoms with Gasteiger partial charge in [0.25, 0.3) is 5.91 Å². The van der Waals surface area contributed by atoms with Crippen LogP contribution in [-0.4, -0.2) is 25.0 Å². The molecule has 1 unspecified atom stereocenters. The third-order valence-corrected chi connectivity index (χ3v) is 4.78. The highest BCUT2D eigenvalue weighted by Gasteiger charge is 2.28. The standard InChI is InChI=1S/C20H25N3O/c1-23(2)18-14-17(12-13-21-18)20(24)22-19(16-10-6-7-11-16)15-8-4-3-5-9-15/h3-5,8-9,12-14,16,19H,6-7,10-11H2,1-2H3,(H,22,24). The van der Waals surface area contributed by atoms with E-state index in [0.29, 0.717) is 11.5 Å². The lowest BCUT2D eigenvalue weighted by Gasteiger charge is -2.25. The van der Waals surface area contributed by atoms with Gasteiger partial charge in [0, 0.05) is 25.9 Å². The number of carbonyl (C=O) groups is 1. The number of aromatic nitrogens is 1. The van der Waals surface area contributed by atoms with Gasteiger partial charge in [-0.05, 0) is 36.5 Å². The van der Waals surface area contributed by atoms with Gasteiger partial charge in [0.05, 0.1) is 6.04 Å². The van der Waals surface area contributed by atoms with Crippen molar-refractivity contribution in [1.82, 2.24) is 10.3 Å². The molecule has 1 atom stereocenters. The lowest BCUT2D eigenvalue weighted by molar-refractivity contribution is 0.0921. The fourth-order valence-electron chi connectivity index (χ4n) is 3.45. The molecule has 0 aliphatic heterocycles. The summed E-state index contributed by atoms with van der Waals surface area (Å²) >= 11 is 0. The van der Waals surface area contributed by atoms with E-state index in [-0.39, 0.29) is 11.9 Å². The lowest BCUT2D eigenvalue weighted by Crippen LogP contribution is -2.32. The molecule has 0 radical (unpaired) electrons. The number of anilines is 1. The minimum absolute atomic E-state index is 0.0266. The molecule has 1 aliphatic carbocycles. The topological polar surface area (TPSA) is 45.2 Å². The minimum Gasteiger partial charge on any atom is -0.363 e. The third-order valence-electron chi connectivity index (χ3n) is 4.78. The van der Waals surface area contributed by atoms with Crippen LogP contribution < -0.4 is 10.2 Å². The fourth-order valence-corrected chi connectivity index (χ4v) is 3.45. The summed E-state index contributed by atoms with van der Waals surface area (Å²) in [7, 11) is 3.85. The average Bonchev–Trinajstić information content (AvgIpc) is 3.14. The van der Waals surface area contributed by atoms with Crippen LogP contribution in [0.5, 0.6) is 0 Å². The molecule has 1 fully saturated rings. The molecule has 1 N–H and O–H groups in total. The first-order valence-corrected chi connectivity index (χ1v) is 8.64. The second kappa shape index (κ2) is 7.47. The molecular weight excluding hydrogens is 298 g/mol. The number of carbonyl (C=O) groups excluding carboxylic acids is 1. The molecule has 1 aromatic carbocycles. The number of nitrogens with zero attached hydrogens (tertiary/aromatic N) is 2. The van der Waals surface area contributed by atoms with E-state index in [9.17, 15) is 4.79 Å². The number of pyridine rings is 1. The predicted octanol–water partition coefficient (Wildman–Crippen LogP) is 3.81. The molecule has 1 amide bonds. The molecule has 0 saturated heterocycles. The van der Waals surface area contributed by atoms with Crippen LogP contribution in [0.2, 0.25) is 0 Å².